The number of hydrogen-bond donors (Lipinski definition) is 0. The zero-order valence-corrected chi connectivity index (χ0v) is 10.7. The van der Waals surface area contributed by atoms with E-state index in [9.17, 15) is 0 Å². The van der Waals surface area contributed by atoms with E-state index in [1.54, 1.807) is 0 Å². The Hall–Kier alpha value is -0.120. The van der Waals surface area contributed by atoms with Gasteiger partial charge in [0.2, 0.25) is 0 Å². The summed E-state index contributed by atoms with van der Waals surface area (Å²) in [7, 11) is 2.15. The molecule has 0 bridgehead atoms. The van der Waals surface area contributed by atoms with Crippen LogP contribution in [0.2, 0.25) is 0 Å². The highest BCUT2D eigenvalue weighted by atomic mass is 16.5. The molecule has 0 radical (unpaired) electrons. The minimum absolute atomic E-state index is 0.304. The molecule has 1 saturated heterocycles. The summed E-state index contributed by atoms with van der Waals surface area (Å²) in [4.78, 5) is 2.34. The molecule has 0 aliphatic carbocycles. The van der Waals surface area contributed by atoms with Crippen LogP contribution in [0.1, 0.15) is 34.1 Å². The first-order chi connectivity index (χ1) is 7.00. The van der Waals surface area contributed by atoms with Crippen molar-refractivity contribution in [2.24, 2.45) is 0 Å². The van der Waals surface area contributed by atoms with E-state index in [1.807, 2.05) is 0 Å². The van der Waals surface area contributed by atoms with Crippen molar-refractivity contribution in [3.63, 3.8) is 0 Å². The van der Waals surface area contributed by atoms with Gasteiger partial charge in [-0.15, -0.1) is 0 Å². The molecule has 0 aromatic carbocycles. The summed E-state index contributed by atoms with van der Waals surface area (Å²) in [6.07, 6.45) is 2.08. The molecule has 0 aromatic rings. The van der Waals surface area contributed by atoms with Crippen LogP contribution in [-0.2, 0) is 9.47 Å². The molecular formula is C12H25NO2. The molecule has 0 spiro atoms. The highest BCUT2D eigenvalue weighted by molar-refractivity contribution is 4.86. The molecule has 0 aromatic heterocycles. The van der Waals surface area contributed by atoms with Gasteiger partial charge in [0.05, 0.1) is 31.0 Å². The lowest BCUT2D eigenvalue weighted by molar-refractivity contribution is -0.0429. The molecule has 1 heterocycles. The van der Waals surface area contributed by atoms with Crippen molar-refractivity contribution in [2.75, 3.05) is 20.2 Å². The zero-order chi connectivity index (χ0) is 11.4. The number of likely N-dealkylation sites (N-methyl/N-ethyl adjacent to an activating group) is 1. The largest absolute Gasteiger partial charge is 0.377 e. The van der Waals surface area contributed by atoms with Gasteiger partial charge in [-0.05, 0) is 41.2 Å². The van der Waals surface area contributed by atoms with Crippen LogP contribution in [-0.4, -0.2) is 49.5 Å². The molecule has 3 heteroatoms. The normalized spacial score (nSPS) is 28.2. The molecule has 90 valence electrons. The summed E-state index contributed by atoms with van der Waals surface area (Å²) in [6, 6.07) is 0.426. The zero-order valence-electron chi connectivity index (χ0n) is 10.7. The molecule has 3 nitrogen and oxygen atoms in total. The smallest absolute Gasteiger partial charge is 0.0768 e. The van der Waals surface area contributed by atoms with Gasteiger partial charge in [-0.1, -0.05) is 0 Å². The van der Waals surface area contributed by atoms with E-state index in [-0.39, 0.29) is 0 Å². The van der Waals surface area contributed by atoms with E-state index in [1.165, 1.54) is 0 Å². The van der Waals surface area contributed by atoms with Gasteiger partial charge in [-0.3, -0.25) is 4.90 Å². The molecule has 1 fully saturated rings. The third-order valence-corrected chi connectivity index (χ3v) is 2.81. The van der Waals surface area contributed by atoms with E-state index in [0.717, 1.165) is 19.6 Å². The summed E-state index contributed by atoms with van der Waals surface area (Å²) in [5.41, 5.74) is 0. The molecule has 0 saturated carbocycles. The van der Waals surface area contributed by atoms with Crippen LogP contribution >= 0.6 is 0 Å². The first-order valence-corrected chi connectivity index (χ1v) is 5.98. The van der Waals surface area contributed by atoms with Crippen LogP contribution < -0.4 is 0 Å². The fourth-order valence-electron chi connectivity index (χ4n) is 2.01. The summed E-state index contributed by atoms with van der Waals surface area (Å²) >= 11 is 0. The number of nitrogens with zero attached hydrogens (tertiary/aromatic N) is 1. The van der Waals surface area contributed by atoms with Crippen LogP contribution in [0.3, 0.4) is 0 Å². The van der Waals surface area contributed by atoms with Gasteiger partial charge in [-0.25, -0.2) is 0 Å². The third-order valence-electron chi connectivity index (χ3n) is 2.81. The van der Waals surface area contributed by atoms with Crippen molar-refractivity contribution in [2.45, 2.75) is 58.5 Å². The van der Waals surface area contributed by atoms with Gasteiger partial charge in [0.25, 0.3) is 0 Å². The number of ether oxygens (including phenoxy) is 2. The molecule has 2 atom stereocenters. The quantitative estimate of drug-likeness (QED) is 0.699. The Morgan fingerprint density at radius 2 is 1.87 bits per heavy atom. The first kappa shape index (κ1) is 12.9. The Bertz CT molecular complexity index is 182. The average molecular weight is 215 g/mol. The Morgan fingerprint density at radius 3 is 2.40 bits per heavy atom. The predicted octanol–water partition coefficient (Wildman–Crippen LogP) is 1.91. The number of likely N-dealkylation sites (tertiary alicyclic amines) is 1. The fraction of sp³-hybridized carbons (Fsp3) is 1.00. The van der Waals surface area contributed by atoms with E-state index in [4.69, 9.17) is 9.47 Å². The third kappa shape index (κ3) is 4.09. The second kappa shape index (κ2) is 5.83. The molecule has 1 aliphatic heterocycles. The standard InChI is InChI=1S/C12H25NO2/c1-9(2)14-8-11-12(15-10(3)4)6-7-13(11)5/h9-12H,6-8H2,1-5H3/t11-,12+/m1/s1. The van der Waals surface area contributed by atoms with Crippen molar-refractivity contribution in [3.05, 3.63) is 0 Å². The van der Waals surface area contributed by atoms with Gasteiger partial charge in [0.1, 0.15) is 0 Å². The van der Waals surface area contributed by atoms with Crippen molar-refractivity contribution < 1.29 is 9.47 Å². The van der Waals surface area contributed by atoms with Crippen LogP contribution in [0.25, 0.3) is 0 Å². The van der Waals surface area contributed by atoms with Crippen LogP contribution in [0, 0.1) is 0 Å². The van der Waals surface area contributed by atoms with Crippen molar-refractivity contribution >= 4 is 0 Å². The SMILES string of the molecule is CC(C)OC[C@@H]1[C@@H](OC(C)C)CCN1C. The predicted molar refractivity (Wildman–Crippen MR) is 62.1 cm³/mol. The maximum absolute atomic E-state index is 5.90. The molecular weight excluding hydrogens is 190 g/mol. The number of rotatable bonds is 5. The number of hydrogen-bond acceptors (Lipinski definition) is 3. The van der Waals surface area contributed by atoms with Crippen LogP contribution in [0.15, 0.2) is 0 Å². The van der Waals surface area contributed by atoms with E-state index < -0.39 is 0 Å². The Morgan fingerprint density at radius 1 is 1.20 bits per heavy atom. The van der Waals surface area contributed by atoms with Crippen molar-refractivity contribution in [1.29, 1.82) is 0 Å². The molecule has 1 rings (SSSR count). The molecule has 0 unspecified atom stereocenters. The Kier molecular flexibility index (Phi) is 5.03. The second-order valence-electron chi connectivity index (χ2n) is 4.94. The molecule has 0 N–H and O–H groups in total. The minimum Gasteiger partial charge on any atom is -0.377 e. The van der Waals surface area contributed by atoms with Gasteiger partial charge in [-0.2, -0.15) is 0 Å². The second-order valence-corrected chi connectivity index (χ2v) is 4.94. The Balaban J connectivity index is 2.41. The van der Waals surface area contributed by atoms with E-state index in [0.29, 0.717) is 24.4 Å². The van der Waals surface area contributed by atoms with Gasteiger partial charge >= 0.3 is 0 Å². The fourth-order valence-corrected chi connectivity index (χ4v) is 2.01. The lowest BCUT2D eigenvalue weighted by atomic mass is 10.2. The van der Waals surface area contributed by atoms with E-state index in [2.05, 4.69) is 39.6 Å². The van der Waals surface area contributed by atoms with Gasteiger partial charge in [0.15, 0.2) is 0 Å². The maximum Gasteiger partial charge on any atom is 0.0768 e. The monoisotopic (exact) mass is 215 g/mol. The van der Waals surface area contributed by atoms with Gasteiger partial charge < -0.3 is 9.47 Å². The first-order valence-electron chi connectivity index (χ1n) is 5.98. The summed E-state index contributed by atoms with van der Waals surface area (Å²) in [5, 5.41) is 0. The molecule has 1 aliphatic rings. The summed E-state index contributed by atoms with van der Waals surface area (Å²) < 4.78 is 11.6. The van der Waals surface area contributed by atoms with Crippen molar-refractivity contribution in [1.82, 2.24) is 4.90 Å². The van der Waals surface area contributed by atoms with Crippen molar-refractivity contribution in [3.8, 4) is 0 Å². The lowest BCUT2D eigenvalue weighted by Crippen LogP contribution is -2.39. The van der Waals surface area contributed by atoms with Crippen LogP contribution in [0.5, 0.6) is 0 Å². The minimum atomic E-state index is 0.304. The summed E-state index contributed by atoms with van der Waals surface area (Å²) in [6.45, 7) is 10.2. The summed E-state index contributed by atoms with van der Waals surface area (Å²) in [5.74, 6) is 0. The molecule has 15 heavy (non-hydrogen) atoms. The van der Waals surface area contributed by atoms with Crippen LogP contribution in [0.4, 0.5) is 0 Å². The average Bonchev–Trinajstić information content (AvgIpc) is 2.43. The molecule has 0 amide bonds. The van der Waals surface area contributed by atoms with Gasteiger partial charge in [0, 0.05) is 6.54 Å². The highest BCUT2D eigenvalue weighted by Gasteiger charge is 2.33. The Labute approximate surface area is 93.7 Å². The van der Waals surface area contributed by atoms with E-state index >= 15 is 0 Å². The maximum atomic E-state index is 5.90. The highest BCUT2D eigenvalue weighted by Crippen LogP contribution is 2.21. The topological polar surface area (TPSA) is 21.7 Å². The lowest BCUT2D eigenvalue weighted by Gasteiger charge is -2.27.